The number of carboxylic acids is 1. The van der Waals surface area contributed by atoms with Gasteiger partial charge in [-0.05, 0) is 17.7 Å². The van der Waals surface area contributed by atoms with E-state index in [0.29, 0.717) is 5.56 Å². The van der Waals surface area contributed by atoms with Crippen LogP contribution in [-0.4, -0.2) is 17.2 Å². The Bertz CT molecular complexity index is 421. The van der Waals surface area contributed by atoms with E-state index in [4.69, 9.17) is 9.84 Å². The maximum atomic E-state index is 12.2. The molecule has 2 unspecified atom stereocenters. The standard InChI is InChI=1S/C10H7F3O3.Na.H/c11-10(12,13)6-3-1-5(2-4-6)7-8(16-7)9(14)15;;/h1-4,7-8H,(H,14,15);;/q;+1;-1. The second-order valence-electron chi connectivity index (χ2n) is 3.44. The van der Waals surface area contributed by atoms with Gasteiger partial charge in [-0.2, -0.15) is 13.2 Å². The van der Waals surface area contributed by atoms with Crippen LogP contribution in [0, 0.1) is 0 Å². The first-order chi connectivity index (χ1) is 7.39. The number of hydrogen-bond donors (Lipinski definition) is 1. The van der Waals surface area contributed by atoms with Crippen molar-refractivity contribution in [3.05, 3.63) is 35.4 Å². The maximum Gasteiger partial charge on any atom is 1.00 e. The van der Waals surface area contributed by atoms with Crippen LogP contribution in [0.5, 0.6) is 0 Å². The number of aliphatic carboxylic acids is 1. The van der Waals surface area contributed by atoms with Crippen molar-refractivity contribution in [2.75, 3.05) is 0 Å². The molecule has 1 heterocycles. The monoisotopic (exact) mass is 256 g/mol. The Balaban J connectivity index is 0.00000144. The van der Waals surface area contributed by atoms with Gasteiger partial charge in [0.05, 0.1) is 5.56 Å². The molecule has 0 aromatic heterocycles. The Morgan fingerprint density at radius 2 is 1.82 bits per heavy atom. The van der Waals surface area contributed by atoms with Crippen LogP contribution in [-0.2, 0) is 15.7 Å². The molecule has 88 valence electrons. The summed E-state index contributed by atoms with van der Waals surface area (Å²) in [4.78, 5) is 10.5. The summed E-state index contributed by atoms with van der Waals surface area (Å²) < 4.78 is 41.5. The van der Waals surface area contributed by atoms with Crippen LogP contribution in [0.15, 0.2) is 24.3 Å². The Hall–Kier alpha value is -0.560. The van der Waals surface area contributed by atoms with Crippen molar-refractivity contribution in [1.82, 2.24) is 0 Å². The summed E-state index contributed by atoms with van der Waals surface area (Å²) in [6.45, 7) is 0. The molecule has 0 saturated carbocycles. The zero-order chi connectivity index (χ0) is 11.9. The van der Waals surface area contributed by atoms with Crippen molar-refractivity contribution in [1.29, 1.82) is 0 Å². The number of carbonyl (C=O) groups is 1. The molecule has 7 heteroatoms. The molecule has 0 spiro atoms. The number of benzene rings is 1. The fourth-order valence-electron chi connectivity index (χ4n) is 1.42. The van der Waals surface area contributed by atoms with Crippen molar-refractivity contribution in [2.45, 2.75) is 18.4 Å². The number of ether oxygens (including phenoxy) is 1. The minimum absolute atomic E-state index is 0. The molecule has 1 N–H and O–H groups in total. The van der Waals surface area contributed by atoms with Crippen molar-refractivity contribution in [3.8, 4) is 0 Å². The third-order valence-electron chi connectivity index (χ3n) is 2.30. The molecule has 3 nitrogen and oxygen atoms in total. The SMILES string of the molecule is O=C(O)C1OC1c1ccc(C(F)(F)F)cc1.[H-].[Na+]. The summed E-state index contributed by atoms with van der Waals surface area (Å²) in [5.74, 6) is -1.11. The quantitative estimate of drug-likeness (QED) is 0.565. The first-order valence-electron chi connectivity index (χ1n) is 4.45. The van der Waals surface area contributed by atoms with Crippen LogP contribution in [0.4, 0.5) is 13.2 Å². The molecule has 1 aliphatic heterocycles. The van der Waals surface area contributed by atoms with Gasteiger partial charge in [0.1, 0.15) is 6.10 Å². The van der Waals surface area contributed by atoms with E-state index in [1.807, 2.05) is 0 Å². The van der Waals surface area contributed by atoms with Gasteiger partial charge >= 0.3 is 41.7 Å². The van der Waals surface area contributed by atoms with Crippen molar-refractivity contribution < 1.29 is 58.8 Å². The van der Waals surface area contributed by atoms with E-state index >= 15 is 0 Å². The van der Waals surface area contributed by atoms with Crippen molar-refractivity contribution in [3.63, 3.8) is 0 Å². The minimum atomic E-state index is -4.38. The van der Waals surface area contributed by atoms with Crippen LogP contribution in [0.2, 0.25) is 0 Å². The molecule has 0 radical (unpaired) electrons. The molecule has 1 fully saturated rings. The average molecular weight is 256 g/mol. The molecule has 0 aliphatic carbocycles. The van der Waals surface area contributed by atoms with Gasteiger partial charge < -0.3 is 11.3 Å². The van der Waals surface area contributed by atoms with Crippen molar-refractivity contribution in [2.24, 2.45) is 0 Å². The van der Waals surface area contributed by atoms with Crippen LogP contribution >= 0.6 is 0 Å². The third kappa shape index (κ3) is 3.22. The van der Waals surface area contributed by atoms with Gasteiger partial charge in [0.15, 0.2) is 6.10 Å². The van der Waals surface area contributed by atoms with Crippen LogP contribution in [0.25, 0.3) is 0 Å². The predicted molar refractivity (Wildman–Crippen MR) is 47.8 cm³/mol. The molecular formula is C10H8F3NaO3. The number of alkyl halides is 3. The first-order valence-corrected chi connectivity index (χ1v) is 4.45. The topological polar surface area (TPSA) is 49.8 Å². The molecule has 17 heavy (non-hydrogen) atoms. The molecule has 1 aromatic rings. The second-order valence-corrected chi connectivity index (χ2v) is 3.44. The molecule has 2 atom stereocenters. The number of carboxylic acid groups (broad SMARTS) is 1. The Labute approximate surface area is 118 Å². The average Bonchev–Trinajstić information content (AvgIpc) is 2.96. The van der Waals surface area contributed by atoms with E-state index in [9.17, 15) is 18.0 Å². The normalized spacial score (nSPS) is 22.8. The molecule has 1 aromatic carbocycles. The third-order valence-corrected chi connectivity index (χ3v) is 2.30. The number of rotatable bonds is 2. The Morgan fingerprint density at radius 3 is 2.18 bits per heavy atom. The Kier molecular flexibility index (Phi) is 4.24. The summed E-state index contributed by atoms with van der Waals surface area (Å²) in [6.07, 6.45) is -5.94. The molecule has 1 saturated heterocycles. The summed E-state index contributed by atoms with van der Waals surface area (Å²) in [5, 5.41) is 8.56. The summed E-state index contributed by atoms with van der Waals surface area (Å²) in [5.41, 5.74) is -0.316. The van der Waals surface area contributed by atoms with Crippen LogP contribution in [0.3, 0.4) is 0 Å². The first kappa shape index (κ1) is 14.5. The summed E-state index contributed by atoms with van der Waals surface area (Å²) in [6, 6.07) is 4.29. The number of halogens is 3. The number of epoxide rings is 1. The van der Waals surface area contributed by atoms with Gasteiger partial charge in [-0.15, -0.1) is 0 Å². The predicted octanol–water partition coefficient (Wildman–Crippen LogP) is -0.654. The second kappa shape index (κ2) is 4.97. The van der Waals surface area contributed by atoms with E-state index in [-0.39, 0.29) is 31.0 Å². The van der Waals surface area contributed by atoms with Gasteiger partial charge in [-0.25, -0.2) is 4.79 Å². The van der Waals surface area contributed by atoms with Crippen LogP contribution in [0.1, 0.15) is 18.7 Å². The minimum Gasteiger partial charge on any atom is -1.00 e. The van der Waals surface area contributed by atoms with Gasteiger partial charge in [-0.3, -0.25) is 0 Å². The van der Waals surface area contributed by atoms with E-state index in [1.54, 1.807) is 0 Å². The zero-order valence-electron chi connectivity index (χ0n) is 9.86. The number of hydrogen-bond acceptors (Lipinski definition) is 2. The van der Waals surface area contributed by atoms with Crippen molar-refractivity contribution >= 4 is 5.97 Å². The summed E-state index contributed by atoms with van der Waals surface area (Å²) >= 11 is 0. The zero-order valence-corrected chi connectivity index (χ0v) is 10.9. The van der Waals surface area contributed by atoms with E-state index in [1.165, 1.54) is 12.1 Å². The van der Waals surface area contributed by atoms with E-state index in [2.05, 4.69) is 0 Å². The fraction of sp³-hybridized carbons (Fsp3) is 0.300. The van der Waals surface area contributed by atoms with E-state index in [0.717, 1.165) is 12.1 Å². The van der Waals surface area contributed by atoms with Gasteiger partial charge in [-0.1, -0.05) is 12.1 Å². The molecule has 2 rings (SSSR count). The van der Waals surface area contributed by atoms with Gasteiger partial charge in [0, 0.05) is 0 Å². The molecule has 0 bridgehead atoms. The van der Waals surface area contributed by atoms with Gasteiger partial charge in [0.25, 0.3) is 0 Å². The smallest absolute Gasteiger partial charge is 1.00 e. The van der Waals surface area contributed by atoms with Crippen LogP contribution < -0.4 is 29.6 Å². The fourth-order valence-corrected chi connectivity index (χ4v) is 1.42. The summed E-state index contributed by atoms with van der Waals surface area (Å²) in [7, 11) is 0. The largest absolute Gasteiger partial charge is 1.00 e. The molecular weight excluding hydrogens is 248 g/mol. The van der Waals surface area contributed by atoms with E-state index < -0.39 is 29.9 Å². The Morgan fingerprint density at radius 1 is 1.29 bits per heavy atom. The molecule has 1 aliphatic rings. The van der Waals surface area contributed by atoms with Gasteiger partial charge in [0.2, 0.25) is 0 Å². The molecule has 0 amide bonds. The maximum absolute atomic E-state index is 12.2.